The van der Waals surface area contributed by atoms with Crippen molar-refractivity contribution in [2.45, 2.75) is 0 Å². The topological polar surface area (TPSA) is 110 Å². The lowest BCUT2D eigenvalue weighted by atomic mass is 10.0. The highest BCUT2D eigenvalue weighted by atomic mass is 16.4. The van der Waals surface area contributed by atoms with Gasteiger partial charge in [-0.15, -0.1) is 20.4 Å². The van der Waals surface area contributed by atoms with Crippen LogP contribution in [0, 0.1) is 0 Å². The maximum Gasteiger partial charge on any atom is 0.248 e. The van der Waals surface area contributed by atoms with Gasteiger partial charge in [0, 0.05) is 67.5 Å². The number of hydrogen-bond donors (Lipinski definition) is 0. The number of nitrogens with zero attached hydrogens (tertiary/aromatic N) is 8. The lowest BCUT2D eigenvalue weighted by molar-refractivity contribution is 0.584. The number of hydrogen-bond acceptors (Lipinski definition) is 10. The van der Waals surface area contributed by atoms with Crippen LogP contribution in [0.4, 0.5) is 34.1 Å². The van der Waals surface area contributed by atoms with Gasteiger partial charge in [0.05, 0.1) is 22.4 Å². The fourth-order valence-electron chi connectivity index (χ4n) is 8.62. The van der Waals surface area contributed by atoms with Gasteiger partial charge >= 0.3 is 0 Å². The van der Waals surface area contributed by atoms with Crippen LogP contribution in [0.1, 0.15) is 0 Å². The van der Waals surface area contributed by atoms with Crippen LogP contribution in [0.25, 0.3) is 79.4 Å². The molecule has 0 saturated carbocycles. The van der Waals surface area contributed by atoms with Crippen LogP contribution < -0.4 is 9.80 Å². The third-order valence-corrected chi connectivity index (χ3v) is 12.0. The first-order valence-electron chi connectivity index (χ1n) is 22.9. The smallest absolute Gasteiger partial charge is 0.248 e. The molecule has 0 radical (unpaired) electrons. The Balaban J connectivity index is 0.914. The van der Waals surface area contributed by atoms with Gasteiger partial charge in [-0.1, -0.05) is 109 Å². The Morgan fingerprint density at radius 3 is 0.900 bits per heavy atom. The highest BCUT2D eigenvalue weighted by Crippen LogP contribution is 2.42. The molecule has 9 aromatic carbocycles. The fraction of sp³-hybridized carbons (Fsp3) is 0. The van der Waals surface area contributed by atoms with Crippen LogP contribution >= 0.6 is 0 Å². The zero-order valence-corrected chi connectivity index (χ0v) is 37.5. The van der Waals surface area contributed by atoms with E-state index in [0.717, 1.165) is 89.9 Å². The summed E-state index contributed by atoms with van der Waals surface area (Å²) in [5.41, 5.74) is 14.2. The minimum Gasteiger partial charge on any atom is -0.416 e. The second-order valence-corrected chi connectivity index (χ2v) is 16.5. The molecule has 70 heavy (non-hydrogen) atoms. The minimum atomic E-state index is 0.452. The quantitative estimate of drug-likeness (QED) is 0.117. The number of anilines is 6. The fourth-order valence-corrected chi connectivity index (χ4v) is 8.62. The SMILES string of the molecule is c1ccc(-c2nnc(-c3ccc(N(c4ccccc4)c4cccc(-c5nc6ccccc6nc5-c5cccc(N(c6ccccc6)c6ccc(-c7nnc(-c8ccccc8)o7)cc6)c5)c4)cc3)o2)cc1. The molecule has 12 aromatic rings. The van der Waals surface area contributed by atoms with Crippen molar-refractivity contribution in [3.63, 3.8) is 0 Å². The summed E-state index contributed by atoms with van der Waals surface area (Å²) in [4.78, 5) is 15.2. The number of fused-ring (bicyclic) bond motifs is 1. The Hall–Kier alpha value is -9.80. The van der Waals surface area contributed by atoms with E-state index in [-0.39, 0.29) is 0 Å². The van der Waals surface area contributed by atoms with Gasteiger partial charge in [0.2, 0.25) is 23.6 Å². The van der Waals surface area contributed by atoms with Crippen LogP contribution in [0.5, 0.6) is 0 Å². The Labute approximate surface area is 403 Å². The zero-order valence-electron chi connectivity index (χ0n) is 37.5. The van der Waals surface area contributed by atoms with Crippen molar-refractivity contribution in [1.29, 1.82) is 0 Å². The molecule has 0 spiro atoms. The predicted octanol–water partition coefficient (Wildman–Crippen LogP) is 15.3. The Kier molecular flexibility index (Phi) is 11.0. The lowest BCUT2D eigenvalue weighted by Crippen LogP contribution is -2.10. The highest BCUT2D eigenvalue weighted by molar-refractivity contribution is 5.90. The molecule has 0 aliphatic heterocycles. The summed E-state index contributed by atoms with van der Waals surface area (Å²) in [6.07, 6.45) is 0. The van der Waals surface area contributed by atoms with Gasteiger partial charge in [-0.3, -0.25) is 0 Å². The maximum absolute atomic E-state index is 6.11. The van der Waals surface area contributed by atoms with Gasteiger partial charge in [-0.25, -0.2) is 9.97 Å². The van der Waals surface area contributed by atoms with Crippen molar-refractivity contribution < 1.29 is 8.83 Å². The summed E-state index contributed by atoms with van der Waals surface area (Å²) in [6.45, 7) is 0. The number of benzene rings is 9. The van der Waals surface area contributed by atoms with Crippen molar-refractivity contribution in [3.05, 3.63) is 243 Å². The van der Waals surface area contributed by atoms with Crippen molar-refractivity contribution in [2.75, 3.05) is 9.80 Å². The minimum absolute atomic E-state index is 0.452. The van der Waals surface area contributed by atoms with Crippen LogP contribution in [0.3, 0.4) is 0 Å². The number of rotatable bonds is 12. The van der Waals surface area contributed by atoms with E-state index in [0.29, 0.717) is 23.6 Å². The molecular weight excluding hydrogens is 865 g/mol. The molecule has 0 amide bonds. The molecule has 0 unspecified atom stereocenters. The van der Waals surface area contributed by atoms with Crippen LogP contribution in [-0.4, -0.2) is 30.4 Å². The third kappa shape index (κ3) is 8.33. The van der Waals surface area contributed by atoms with Gasteiger partial charge in [0.15, 0.2) is 0 Å². The number of para-hydroxylation sites is 4. The summed E-state index contributed by atoms with van der Waals surface area (Å²) >= 11 is 0. The summed E-state index contributed by atoms with van der Waals surface area (Å²) < 4.78 is 12.2. The molecule has 3 heterocycles. The summed E-state index contributed by atoms with van der Waals surface area (Å²) in [7, 11) is 0. The molecule has 3 aromatic heterocycles. The van der Waals surface area contributed by atoms with Crippen molar-refractivity contribution in [3.8, 4) is 68.3 Å². The molecule has 10 heteroatoms. The summed E-state index contributed by atoms with van der Waals surface area (Å²) in [6, 6.07) is 81.6. The van der Waals surface area contributed by atoms with E-state index in [1.54, 1.807) is 0 Å². The van der Waals surface area contributed by atoms with E-state index < -0.39 is 0 Å². The van der Waals surface area contributed by atoms with E-state index in [1.807, 2.05) is 146 Å². The first kappa shape index (κ1) is 41.6. The first-order valence-corrected chi connectivity index (χ1v) is 22.9. The molecule has 0 fully saturated rings. The Bertz CT molecular complexity index is 3470. The largest absolute Gasteiger partial charge is 0.416 e. The molecular formula is C60H40N8O2. The molecule has 10 nitrogen and oxygen atoms in total. The zero-order chi connectivity index (χ0) is 46.6. The second kappa shape index (κ2) is 18.5. The summed E-state index contributed by atoms with van der Waals surface area (Å²) in [5.74, 6) is 1.86. The van der Waals surface area contributed by atoms with Crippen LogP contribution in [0.15, 0.2) is 251 Å². The van der Waals surface area contributed by atoms with Crippen molar-refractivity contribution in [2.24, 2.45) is 0 Å². The average molecular weight is 905 g/mol. The summed E-state index contributed by atoms with van der Waals surface area (Å²) in [5, 5.41) is 17.4. The normalized spacial score (nSPS) is 11.1. The molecule has 0 saturated heterocycles. The molecule has 0 aliphatic rings. The van der Waals surface area contributed by atoms with Crippen LogP contribution in [-0.2, 0) is 0 Å². The molecule has 12 rings (SSSR count). The molecule has 0 N–H and O–H groups in total. The first-order chi connectivity index (χ1) is 34.7. The standard InChI is InChI=1S/C60H40N8O2/c1-5-17-41(18-6-1)57-63-65-59(69-57)43-31-35-49(36-32-43)67(47-23-9-3-10-24-47)51-27-15-21-45(39-51)55-56(62-54-30-14-13-29-53(54)61-55)46-22-16-28-52(40-46)68(48-25-11-4-12-26-48)50-37-33-44(34-38-50)60-66-64-58(70-60)42-19-7-2-8-20-42/h1-40H. The maximum atomic E-state index is 6.11. The van der Waals surface area contributed by atoms with Gasteiger partial charge in [0.25, 0.3) is 0 Å². The van der Waals surface area contributed by atoms with E-state index in [1.165, 1.54) is 0 Å². The number of aromatic nitrogens is 6. The van der Waals surface area contributed by atoms with E-state index in [4.69, 9.17) is 18.8 Å². The highest BCUT2D eigenvalue weighted by Gasteiger charge is 2.21. The van der Waals surface area contributed by atoms with E-state index in [9.17, 15) is 0 Å². The molecule has 332 valence electrons. The van der Waals surface area contributed by atoms with E-state index >= 15 is 0 Å². The lowest BCUT2D eigenvalue weighted by Gasteiger charge is -2.26. The Morgan fingerprint density at radius 1 is 0.243 bits per heavy atom. The van der Waals surface area contributed by atoms with Gasteiger partial charge in [0.1, 0.15) is 0 Å². The molecule has 0 bridgehead atoms. The van der Waals surface area contributed by atoms with Crippen molar-refractivity contribution >= 4 is 45.2 Å². The third-order valence-electron chi connectivity index (χ3n) is 12.0. The predicted molar refractivity (Wildman–Crippen MR) is 277 cm³/mol. The van der Waals surface area contributed by atoms with Crippen LogP contribution in [0.2, 0.25) is 0 Å². The monoisotopic (exact) mass is 904 g/mol. The van der Waals surface area contributed by atoms with Gasteiger partial charge in [-0.2, -0.15) is 0 Å². The average Bonchev–Trinajstić information content (AvgIpc) is 4.15. The van der Waals surface area contributed by atoms with Gasteiger partial charge < -0.3 is 18.6 Å². The van der Waals surface area contributed by atoms with E-state index in [2.05, 4.69) is 127 Å². The molecule has 0 aliphatic carbocycles. The van der Waals surface area contributed by atoms with Gasteiger partial charge in [-0.05, 0) is 133 Å². The van der Waals surface area contributed by atoms with Crippen molar-refractivity contribution in [1.82, 2.24) is 30.4 Å². The second-order valence-electron chi connectivity index (χ2n) is 16.5. The molecule has 0 atom stereocenters. The Morgan fingerprint density at radius 2 is 0.529 bits per heavy atom.